The quantitative estimate of drug-likeness (QED) is 0.647. The maximum Gasteiger partial charge on any atom is 0.230 e. The molecule has 0 radical (unpaired) electrons. The number of carbonyl (C=O) groups excluding carboxylic acids is 1. The lowest BCUT2D eigenvalue weighted by atomic mass is 10.2. The van der Waals surface area contributed by atoms with Crippen molar-refractivity contribution in [3.63, 3.8) is 0 Å². The van der Waals surface area contributed by atoms with E-state index in [1.165, 1.54) is 11.8 Å². The van der Waals surface area contributed by atoms with Crippen molar-refractivity contribution in [1.82, 2.24) is 10.5 Å². The lowest BCUT2D eigenvalue weighted by Gasteiger charge is -2.08. The number of aliphatic hydroxyl groups is 2. The molecule has 0 aromatic carbocycles. The predicted octanol–water partition coefficient (Wildman–Crippen LogP) is -0.00596. The first-order valence-corrected chi connectivity index (χ1v) is 6.75. The van der Waals surface area contributed by atoms with E-state index in [4.69, 9.17) is 14.7 Å². The van der Waals surface area contributed by atoms with Crippen molar-refractivity contribution >= 4 is 17.7 Å². The van der Waals surface area contributed by atoms with Gasteiger partial charge in [0.25, 0.3) is 0 Å². The summed E-state index contributed by atoms with van der Waals surface area (Å²) in [5, 5.41) is 24.0. The zero-order valence-electron chi connectivity index (χ0n) is 10.5. The molecule has 0 saturated heterocycles. The lowest BCUT2D eigenvalue weighted by molar-refractivity contribution is -0.119. The van der Waals surface area contributed by atoms with Gasteiger partial charge in [-0.25, -0.2) is 0 Å². The molecule has 0 aliphatic heterocycles. The van der Waals surface area contributed by atoms with Crippen LogP contribution in [-0.4, -0.2) is 46.3 Å². The van der Waals surface area contributed by atoms with Crippen molar-refractivity contribution in [2.24, 2.45) is 0 Å². The fraction of sp³-hybridized carbons (Fsp3) is 0.636. The topological polar surface area (TPSA) is 95.6 Å². The summed E-state index contributed by atoms with van der Waals surface area (Å²) in [5.41, 5.74) is 1.86. The molecule has 0 aliphatic rings. The summed E-state index contributed by atoms with van der Waals surface area (Å²) in [6.07, 6.45) is -0.901. The van der Waals surface area contributed by atoms with Gasteiger partial charge in [-0.2, -0.15) is 0 Å². The SMILES string of the molecule is Cc1noc(C)c1CSCC(=O)NCC(O)CO. The summed E-state index contributed by atoms with van der Waals surface area (Å²) in [6.45, 7) is 3.42. The molecule has 0 aliphatic carbocycles. The number of aliphatic hydroxyl groups excluding tert-OH is 2. The van der Waals surface area contributed by atoms with Crippen LogP contribution in [-0.2, 0) is 10.5 Å². The van der Waals surface area contributed by atoms with Crippen LogP contribution in [0.1, 0.15) is 17.0 Å². The number of hydrogen-bond acceptors (Lipinski definition) is 6. The van der Waals surface area contributed by atoms with Gasteiger partial charge in [0.2, 0.25) is 5.91 Å². The summed E-state index contributed by atoms with van der Waals surface area (Å²) in [5.74, 6) is 1.56. The van der Waals surface area contributed by atoms with E-state index in [1.807, 2.05) is 13.8 Å². The largest absolute Gasteiger partial charge is 0.394 e. The minimum absolute atomic E-state index is 0.0706. The van der Waals surface area contributed by atoms with E-state index in [1.54, 1.807) is 0 Å². The molecule has 1 amide bonds. The van der Waals surface area contributed by atoms with Gasteiger partial charge < -0.3 is 20.1 Å². The monoisotopic (exact) mass is 274 g/mol. The first kappa shape index (κ1) is 15.0. The fourth-order valence-electron chi connectivity index (χ4n) is 1.30. The molecule has 0 saturated carbocycles. The van der Waals surface area contributed by atoms with Crippen LogP contribution in [0.5, 0.6) is 0 Å². The number of rotatable bonds is 7. The van der Waals surface area contributed by atoms with E-state index >= 15 is 0 Å². The highest BCUT2D eigenvalue weighted by Gasteiger charge is 2.10. The summed E-state index contributed by atoms with van der Waals surface area (Å²) in [6, 6.07) is 0. The third-order valence-electron chi connectivity index (χ3n) is 2.41. The van der Waals surface area contributed by atoms with E-state index in [2.05, 4.69) is 10.5 Å². The maximum absolute atomic E-state index is 11.4. The Kier molecular flexibility index (Phi) is 6.17. The number of thioether (sulfide) groups is 1. The number of hydrogen-bond donors (Lipinski definition) is 3. The Morgan fingerprint density at radius 2 is 2.28 bits per heavy atom. The highest BCUT2D eigenvalue weighted by molar-refractivity contribution is 7.99. The van der Waals surface area contributed by atoms with Crippen LogP contribution in [0.2, 0.25) is 0 Å². The molecular formula is C11H18N2O4S. The first-order valence-electron chi connectivity index (χ1n) is 5.59. The maximum atomic E-state index is 11.4. The van der Waals surface area contributed by atoms with E-state index in [-0.39, 0.29) is 19.1 Å². The minimum atomic E-state index is -0.901. The molecule has 102 valence electrons. The van der Waals surface area contributed by atoms with Crippen molar-refractivity contribution in [2.75, 3.05) is 18.9 Å². The Morgan fingerprint density at radius 1 is 1.56 bits per heavy atom. The van der Waals surface area contributed by atoms with Crippen molar-refractivity contribution < 1.29 is 19.5 Å². The predicted molar refractivity (Wildman–Crippen MR) is 68.2 cm³/mol. The van der Waals surface area contributed by atoms with Crippen LogP contribution in [0.3, 0.4) is 0 Å². The molecule has 1 aromatic rings. The second kappa shape index (κ2) is 7.40. The summed E-state index contributed by atoms with van der Waals surface area (Å²) in [7, 11) is 0. The molecule has 1 heterocycles. The standard InChI is InChI=1S/C11H18N2O4S/c1-7-10(8(2)17-13-7)5-18-6-11(16)12-3-9(15)4-14/h9,14-15H,3-6H2,1-2H3,(H,12,16). The third-order valence-corrected chi connectivity index (χ3v) is 3.37. The van der Waals surface area contributed by atoms with Gasteiger partial charge in [0.15, 0.2) is 0 Å². The van der Waals surface area contributed by atoms with Gasteiger partial charge in [0.1, 0.15) is 5.76 Å². The van der Waals surface area contributed by atoms with E-state index in [0.717, 1.165) is 17.0 Å². The molecule has 18 heavy (non-hydrogen) atoms. The van der Waals surface area contributed by atoms with Gasteiger partial charge in [0, 0.05) is 17.9 Å². The molecule has 7 heteroatoms. The molecule has 1 rings (SSSR count). The summed E-state index contributed by atoms with van der Waals surface area (Å²) >= 11 is 1.45. The van der Waals surface area contributed by atoms with Crippen molar-refractivity contribution in [1.29, 1.82) is 0 Å². The summed E-state index contributed by atoms with van der Waals surface area (Å²) < 4.78 is 5.02. The molecule has 1 unspecified atom stereocenters. The first-order chi connectivity index (χ1) is 8.54. The van der Waals surface area contributed by atoms with Crippen LogP contribution in [0.15, 0.2) is 4.52 Å². The van der Waals surface area contributed by atoms with Gasteiger partial charge in [-0.15, -0.1) is 11.8 Å². The normalized spacial score (nSPS) is 12.4. The number of carbonyl (C=O) groups is 1. The zero-order valence-corrected chi connectivity index (χ0v) is 11.3. The fourth-order valence-corrected chi connectivity index (χ4v) is 2.31. The Bertz CT molecular complexity index is 375. The second-order valence-electron chi connectivity index (χ2n) is 3.94. The van der Waals surface area contributed by atoms with Gasteiger partial charge in [0.05, 0.1) is 24.2 Å². The van der Waals surface area contributed by atoms with Crippen LogP contribution < -0.4 is 5.32 Å². The van der Waals surface area contributed by atoms with Crippen LogP contribution in [0.25, 0.3) is 0 Å². The minimum Gasteiger partial charge on any atom is -0.394 e. The molecule has 0 spiro atoms. The molecule has 1 aromatic heterocycles. The van der Waals surface area contributed by atoms with E-state index in [0.29, 0.717) is 11.5 Å². The number of aryl methyl sites for hydroxylation is 2. The number of nitrogens with zero attached hydrogens (tertiary/aromatic N) is 1. The Morgan fingerprint density at radius 3 is 2.83 bits per heavy atom. The van der Waals surface area contributed by atoms with Gasteiger partial charge in [-0.1, -0.05) is 5.16 Å². The van der Waals surface area contributed by atoms with Crippen molar-refractivity contribution in [3.05, 3.63) is 17.0 Å². The highest BCUT2D eigenvalue weighted by Crippen LogP contribution is 2.19. The Balaban J connectivity index is 2.24. The average Bonchev–Trinajstić information content (AvgIpc) is 2.67. The van der Waals surface area contributed by atoms with Gasteiger partial charge >= 0.3 is 0 Å². The van der Waals surface area contributed by atoms with E-state index in [9.17, 15) is 4.79 Å². The zero-order chi connectivity index (χ0) is 13.5. The highest BCUT2D eigenvalue weighted by atomic mass is 32.2. The van der Waals surface area contributed by atoms with Crippen molar-refractivity contribution in [2.45, 2.75) is 25.7 Å². The lowest BCUT2D eigenvalue weighted by Crippen LogP contribution is -2.34. The second-order valence-corrected chi connectivity index (χ2v) is 4.92. The van der Waals surface area contributed by atoms with Crippen LogP contribution in [0.4, 0.5) is 0 Å². The Labute approximate surface area is 110 Å². The molecule has 1 atom stereocenters. The number of nitrogens with one attached hydrogen (secondary N) is 1. The number of aromatic nitrogens is 1. The summed E-state index contributed by atoms with van der Waals surface area (Å²) in [4.78, 5) is 11.4. The van der Waals surface area contributed by atoms with Gasteiger partial charge in [-0.05, 0) is 13.8 Å². The average molecular weight is 274 g/mol. The van der Waals surface area contributed by atoms with Crippen LogP contribution >= 0.6 is 11.8 Å². The number of amides is 1. The molecule has 6 nitrogen and oxygen atoms in total. The van der Waals surface area contributed by atoms with Gasteiger partial charge in [-0.3, -0.25) is 4.79 Å². The molecule has 0 fully saturated rings. The molecule has 0 bridgehead atoms. The van der Waals surface area contributed by atoms with E-state index < -0.39 is 6.10 Å². The van der Waals surface area contributed by atoms with Crippen LogP contribution in [0, 0.1) is 13.8 Å². The molecule has 3 N–H and O–H groups in total. The smallest absolute Gasteiger partial charge is 0.230 e. The third kappa shape index (κ3) is 4.67. The van der Waals surface area contributed by atoms with Crippen molar-refractivity contribution in [3.8, 4) is 0 Å². The molecular weight excluding hydrogens is 256 g/mol. The Hall–Kier alpha value is -1.05.